The standard InChI is InChI=1S/C22H21ClF3N5O2/c1-31-21(18-8-6-15(27)14(26)10-33-18)17(9-28-31)30-22(32)16-7-5-13(25)20(29-16)11-3-2-4-12(24)19(11)23/h2-5,7,9,14-15,18H,6,8,10,27H2,1H3,(H,30,32)/t14-,15-,18+/m1/s1. The van der Waals surface area contributed by atoms with Gasteiger partial charge in [-0.15, -0.1) is 0 Å². The number of hydrogen-bond donors (Lipinski definition) is 2. The van der Waals surface area contributed by atoms with Gasteiger partial charge in [0, 0.05) is 18.7 Å². The summed E-state index contributed by atoms with van der Waals surface area (Å²) in [5.74, 6) is -2.14. The zero-order chi connectivity index (χ0) is 23.7. The molecule has 33 heavy (non-hydrogen) atoms. The largest absolute Gasteiger partial charge is 0.369 e. The van der Waals surface area contributed by atoms with Crippen LogP contribution in [0.15, 0.2) is 36.5 Å². The number of anilines is 1. The van der Waals surface area contributed by atoms with E-state index in [1.807, 2.05) is 0 Å². The van der Waals surface area contributed by atoms with Gasteiger partial charge in [0.15, 0.2) is 0 Å². The van der Waals surface area contributed by atoms with Gasteiger partial charge in [0.25, 0.3) is 5.91 Å². The molecule has 1 fully saturated rings. The van der Waals surface area contributed by atoms with Gasteiger partial charge in [-0.25, -0.2) is 18.2 Å². The molecule has 0 bridgehead atoms. The first-order valence-corrected chi connectivity index (χ1v) is 10.6. The van der Waals surface area contributed by atoms with E-state index in [2.05, 4.69) is 15.4 Å². The molecule has 1 aliphatic heterocycles. The fourth-order valence-electron chi connectivity index (χ4n) is 3.71. The summed E-state index contributed by atoms with van der Waals surface area (Å²) in [7, 11) is 1.67. The van der Waals surface area contributed by atoms with Gasteiger partial charge < -0.3 is 15.8 Å². The Kier molecular flexibility index (Phi) is 6.68. The Hall–Kier alpha value is -2.95. The van der Waals surface area contributed by atoms with Gasteiger partial charge in [0.05, 0.1) is 29.2 Å². The second-order valence-electron chi connectivity index (χ2n) is 7.73. The molecule has 7 nitrogen and oxygen atoms in total. The van der Waals surface area contributed by atoms with Crippen molar-refractivity contribution < 1.29 is 22.7 Å². The fourth-order valence-corrected chi connectivity index (χ4v) is 3.93. The summed E-state index contributed by atoms with van der Waals surface area (Å²) in [6.07, 6.45) is 0.477. The molecule has 3 N–H and O–H groups in total. The minimum Gasteiger partial charge on any atom is -0.369 e. The number of benzene rings is 1. The first-order valence-electron chi connectivity index (χ1n) is 10.2. The minimum absolute atomic E-state index is 0.0230. The number of nitrogens with one attached hydrogen (secondary N) is 1. The molecule has 0 unspecified atom stereocenters. The molecule has 0 radical (unpaired) electrons. The van der Waals surface area contributed by atoms with E-state index in [1.165, 1.54) is 29.1 Å². The molecule has 1 amide bonds. The number of aryl methyl sites for hydroxylation is 1. The molecular weight excluding hydrogens is 459 g/mol. The third-order valence-corrected chi connectivity index (χ3v) is 5.89. The number of carbonyl (C=O) groups excluding carboxylic acids is 1. The highest BCUT2D eigenvalue weighted by molar-refractivity contribution is 6.33. The van der Waals surface area contributed by atoms with E-state index >= 15 is 0 Å². The van der Waals surface area contributed by atoms with Crippen molar-refractivity contribution in [3.63, 3.8) is 0 Å². The van der Waals surface area contributed by atoms with Crippen LogP contribution in [0.4, 0.5) is 18.9 Å². The molecule has 0 aliphatic carbocycles. The number of carbonyl (C=O) groups is 1. The third kappa shape index (κ3) is 4.73. The zero-order valence-corrected chi connectivity index (χ0v) is 18.3. The number of halogens is 4. The van der Waals surface area contributed by atoms with Gasteiger partial charge in [-0.3, -0.25) is 9.48 Å². The minimum atomic E-state index is -1.28. The molecule has 1 aliphatic rings. The van der Waals surface area contributed by atoms with E-state index < -0.39 is 35.9 Å². The monoisotopic (exact) mass is 479 g/mol. The van der Waals surface area contributed by atoms with Crippen LogP contribution in [0.1, 0.15) is 35.1 Å². The molecule has 4 rings (SSSR count). The van der Waals surface area contributed by atoms with Crippen LogP contribution in [0.3, 0.4) is 0 Å². The lowest BCUT2D eigenvalue weighted by atomic mass is 10.0. The predicted octanol–water partition coefficient (Wildman–Crippen LogP) is 4.18. The number of pyridine rings is 1. The number of amides is 1. The van der Waals surface area contributed by atoms with Crippen LogP contribution in [0.5, 0.6) is 0 Å². The lowest BCUT2D eigenvalue weighted by molar-refractivity contribution is 0.0247. The molecule has 3 heterocycles. The van der Waals surface area contributed by atoms with Crippen molar-refractivity contribution in [3.8, 4) is 11.3 Å². The summed E-state index contributed by atoms with van der Waals surface area (Å²) < 4.78 is 49.4. The highest BCUT2D eigenvalue weighted by Gasteiger charge is 2.30. The van der Waals surface area contributed by atoms with E-state index in [4.69, 9.17) is 22.1 Å². The summed E-state index contributed by atoms with van der Waals surface area (Å²) >= 11 is 5.96. The molecule has 1 aromatic carbocycles. The second-order valence-corrected chi connectivity index (χ2v) is 8.11. The molecule has 11 heteroatoms. The Bertz CT molecular complexity index is 1180. The second kappa shape index (κ2) is 9.50. The van der Waals surface area contributed by atoms with Crippen LogP contribution in [-0.4, -0.2) is 39.5 Å². The number of ether oxygens (including phenoxy) is 1. The SMILES string of the molecule is Cn1ncc(NC(=O)c2ccc(F)c(-c3cccc(F)c3Cl)n2)c1[C@@H]1CC[C@@H](N)[C@H](F)CO1. The number of rotatable bonds is 4. The zero-order valence-electron chi connectivity index (χ0n) is 17.6. The average molecular weight is 480 g/mol. The highest BCUT2D eigenvalue weighted by Crippen LogP contribution is 2.33. The van der Waals surface area contributed by atoms with Crippen LogP contribution in [-0.2, 0) is 11.8 Å². The van der Waals surface area contributed by atoms with Crippen molar-refractivity contribution >= 4 is 23.2 Å². The Balaban J connectivity index is 1.61. The van der Waals surface area contributed by atoms with Crippen LogP contribution in [0, 0.1) is 11.6 Å². The van der Waals surface area contributed by atoms with Crippen LogP contribution in [0.25, 0.3) is 11.3 Å². The molecule has 174 valence electrons. The summed E-state index contributed by atoms with van der Waals surface area (Å²) in [5.41, 5.74) is 6.34. The van der Waals surface area contributed by atoms with Crippen molar-refractivity contribution in [1.82, 2.24) is 14.8 Å². The molecule has 2 aromatic heterocycles. The van der Waals surface area contributed by atoms with Crippen molar-refractivity contribution in [2.75, 3.05) is 11.9 Å². The van der Waals surface area contributed by atoms with Crippen molar-refractivity contribution in [2.24, 2.45) is 12.8 Å². The Morgan fingerprint density at radius 2 is 2.03 bits per heavy atom. The fraction of sp³-hybridized carbons (Fsp3) is 0.318. The highest BCUT2D eigenvalue weighted by atomic mass is 35.5. The first-order chi connectivity index (χ1) is 15.8. The van der Waals surface area contributed by atoms with Gasteiger partial charge in [0.1, 0.15) is 35.3 Å². The van der Waals surface area contributed by atoms with Gasteiger partial charge in [-0.05, 0) is 31.0 Å². The Labute approximate surface area is 192 Å². The number of hydrogen-bond acceptors (Lipinski definition) is 5. The topological polar surface area (TPSA) is 95.1 Å². The normalized spacial score (nSPS) is 21.0. The summed E-state index contributed by atoms with van der Waals surface area (Å²) in [5, 5.41) is 6.56. The van der Waals surface area contributed by atoms with Gasteiger partial charge in [-0.1, -0.05) is 23.7 Å². The first kappa shape index (κ1) is 23.2. The Morgan fingerprint density at radius 3 is 2.82 bits per heavy atom. The van der Waals surface area contributed by atoms with Crippen LogP contribution in [0.2, 0.25) is 5.02 Å². The molecular formula is C22H21ClF3N5O2. The third-order valence-electron chi connectivity index (χ3n) is 5.51. The smallest absolute Gasteiger partial charge is 0.274 e. The number of nitrogens with zero attached hydrogens (tertiary/aromatic N) is 3. The summed E-state index contributed by atoms with van der Waals surface area (Å²) in [6.45, 7) is -0.165. The van der Waals surface area contributed by atoms with Crippen molar-refractivity contribution in [3.05, 3.63) is 64.6 Å². The van der Waals surface area contributed by atoms with Crippen LogP contribution >= 0.6 is 11.6 Å². The maximum atomic E-state index is 14.4. The number of nitrogens with two attached hydrogens (primary N) is 1. The lowest BCUT2D eigenvalue weighted by Gasteiger charge is -2.17. The van der Waals surface area contributed by atoms with Crippen molar-refractivity contribution in [1.29, 1.82) is 0 Å². The predicted molar refractivity (Wildman–Crippen MR) is 117 cm³/mol. The average Bonchev–Trinajstić information content (AvgIpc) is 3.06. The van der Waals surface area contributed by atoms with Crippen molar-refractivity contribution in [2.45, 2.75) is 31.2 Å². The molecule has 1 saturated heterocycles. The number of aromatic nitrogens is 3. The summed E-state index contributed by atoms with van der Waals surface area (Å²) in [4.78, 5) is 17.0. The van der Waals surface area contributed by atoms with E-state index in [1.54, 1.807) is 7.05 Å². The van der Waals surface area contributed by atoms with E-state index in [-0.39, 0.29) is 28.6 Å². The molecule has 0 saturated carbocycles. The maximum Gasteiger partial charge on any atom is 0.274 e. The maximum absolute atomic E-state index is 14.4. The van der Waals surface area contributed by atoms with Gasteiger partial charge in [-0.2, -0.15) is 5.10 Å². The van der Waals surface area contributed by atoms with E-state index in [0.717, 1.165) is 12.1 Å². The lowest BCUT2D eigenvalue weighted by Crippen LogP contribution is -2.32. The van der Waals surface area contributed by atoms with Gasteiger partial charge in [0.2, 0.25) is 0 Å². The summed E-state index contributed by atoms with van der Waals surface area (Å²) in [6, 6.07) is 5.54. The van der Waals surface area contributed by atoms with E-state index in [0.29, 0.717) is 24.2 Å². The molecule has 3 atom stereocenters. The van der Waals surface area contributed by atoms with Crippen LogP contribution < -0.4 is 11.1 Å². The Morgan fingerprint density at radius 1 is 1.24 bits per heavy atom. The number of alkyl halides is 1. The molecule has 3 aromatic rings. The van der Waals surface area contributed by atoms with E-state index in [9.17, 15) is 18.0 Å². The molecule has 0 spiro atoms. The quantitative estimate of drug-likeness (QED) is 0.585. The van der Waals surface area contributed by atoms with Gasteiger partial charge >= 0.3 is 0 Å².